The van der Waals surface area contributed by atoms with Gasteiger partial charge >= 0.3 is 0 Å². The van der Waals surface area contributed by atoms with Gasteiger partial charge in [-0.05, 0) is 34.7 Å². The molecule has 0 aliphatic carbocycles. The molecule has 150 valence electrons. The number of hydrogen-bond acceptors (Lipinski definition) is 5. The van der Waals surface area contributed by atoms with Crippen LogP contribution in [0.2, 0.25) is 0 Å². The topological polar surface area (TPSA) is 93.0 Å². The van der Waals surface area contributed by atoms with Gasteiger partial charge in [-0.1, -0.05) is 44.2 Å². The summed E-state index contributed by atoms with van der Waals surface area (Å²) in [7, 11) is 0. The van der Waals surface area contributed by atoms with Crippen LogP contribution in [0.25, 0.3) is 0 Å². The van der Waals surface area contributed by atoms with E-state index < -0.39 is 6.04 Å². The van der Waals surface area contributed by atoms with Crippen molar-refractivity contribution in [3.8, 4) is 0 Å². The molecular formula is C20H28N6O2. The molecular weight excluding hydrogens is 356 g/mol. The molecule has 0 saturated carbocycles. The van der Waals surface area contributed by atoms with Crippen LogP contribution in [0.5, 0.6) is 0 Å². The fraction of sp³-hybridized carbons (Fsp3) is 0.550. The third kappa shape index (κ3) is 5.15. The van der Waals surface area contributed by atoms with Gasteiger partial charge in [0.25, 0.3) is 0 Å². The summed E-state index contributed by atoms with van der Waals surface area (Å²) in [6, 6.07) is 9.31. The Kier molecular flexibility index (Phi) is 6.73. The molecule has 28 heavy (non-hydrogen) atoms. The largest absolute Gasteiger partial charge is 0.356 e. The molecule has 3 rings (SSSR count). The molecule has 2 atom stereocenters. The molecule has 2 amide bonds. The van der Waals surface area contributed by atoms with Gasteiger partial charge in [0.15, 0.2) is 0 Å². The molecule has 8 nitrogen and oxygen atoms in total. The lowest BCUT2D eigenvalue weighted by Gasteiger charge is -2.34. The first kappa shape index (κ1) is 20.0. The number of carbonyl (C=O) groups excluding carboxylic acids is 2. The highest BCUT2D eigenvalue weighted by atomic mass is 16.2. The van der Waals surface area contributed by atoms with Gasteiger partial charge in [0.2, 0.25) is 11.8 Å². The van der Waals surface area contributed by atoms with Crippen molar-refractivity contribution in [2.75, 3.05) is 19.6 Å². The molecule has 0 radical (unpaired) electrons. The summed E-state index contributed by atoms with van der Waals surface area (Å²) in [6.45, 7) is 5.88. The van der Waals surface area contributed by atoms with Crippen LogP contribution < -0.4 is 5.32 Å². The smallest absolute Gasteiger partial charge is 0.247 e. The highest BCUT2D eigenvalue weighted by molar-refractivity contribution is 5.83. The summed E-state index contributed by atoms with van der Waals surface area (Å²) < 4.78 is 1.51. The number of benzene rings is 1. The van der Waals surface area contributed by atoms with Crippen molar-refractivity contribution >= 4 is 11.8 Å². The van der Waals surface area contributed by atoms with Crippen molar-refractivity contribution in [2.24, 2.45) is 11.8 Å². The lowest BCUT2D eigenvalue weighted by atomic mass is 9.95. The monoisotopic (exact) mass is 384 g/mol. The van der Waals surface area contributed by atoms with Crippen LogP contribution in [0, 0.1) is 11.8 Å². The van der Waals surface area contributed by atoms with E-state index in [1.807, 2.05) is 30.3 Å². The summed E-state index contributed by atoms with van der Waals surface area (Å²) in [4.78, 5) is 27.6. The number of nitrogens with zero attached hydrogens (tertiary/aromatic N) is 5. The molecule has 1 saturated heterocycles. The second-order valence-corrected chi connectivity index (χ2v) is 7.76. The van der Waals surface area contributed by atoms with E-state index in [4.69, 9.17) is 0 Å². The van der Waals surface area contributed by atoms with Gasteiger partial charge in [0.1, 0.15) is 12.4 Å². The van der Waals surface area contributed by atoms with E-state index in [1.165, 1.54) is 11.0 Å². The zero-order valence-electron chi connectivity index (χ0n) is 16.5. The number of amides is 2. The third-order valence-electron chi connectivity index (χ3n) is 5.03. The summed E-state index contributed by atoms with van der Waals surface area (Å²) >= 11 is 0. The predicted molar refractivity (Wildman–Crippen MR) is 104 cm³/mol. The average Bonchev–Trinajstić information content (AvgIpc) is 3.25. The molecule has 2 aromatic rings. The lowest BCUT2D eigenvalue weighted by Crippen LogP contribution is -2.48. The summed E-state index contributed by atoms with van der Waals surface area (Å²) in [5.74, 6) is 0.230. The number of hydrogen-bond donors (Lipinski definition) is 1. The Bertz CT molecular complexity index is 762. The fourth-order valence-corrected chi connectivity index (χ4v) is 3.49. The molecule has 1 aliphatic rings. The Hall–Kier alpha value is -2.77. The van der Waals surface area contributed by atoms with Crippen molar-refractivity contribution in [2.45, 2.75) is 39.2 Å². The number of carbonyl (C=O) groups is 2. The number of tetrazole rings is 1. The quantitative estimate of drug-likeness (QED) is 0.780. The maximum Gasteiger partial charge on any atom is 0.247 e. The Morgan fingerprint density at radius 2 is 2.04 bits per heavy atom. The summed E-state index contributed by atoms with van der Waals surface area (Å²) in [5, 5.41) is 14.3. The third-order valence-corrected chi connectivity index (χ3v) is 5.03. The van der Waals surface area contributed by atoms with E-state index in [1.54, 1.807) is 4.90 Å². The molecule has 0 spiro atoms. The first-order chi connectivity index (χ1) is 13.5. The normalized spacial score (nSPS) is 18.1. The first-order valence-corrected chi connectivity index (χ1v) is 9.87. The van der Waals surface area contributed by atoms with Crippen molar-refractivity contribution in [3.05, 3.63) is 42.2 Å². The molecule has 0 bridgehead atoms. The molecule has 1 aromatic carbocycles. The zero-order chi connectivity index (χ0) is 19.9. The maximum atomic E-state index is 13.3. The predicted octanol–water partition coefficient (Wildman–Crippen LogP) is 1.47. The van der Waals surface area contributed by atoms with Crippen molar-refractivity contribution in [1.82, 2.24) is 30.4 Å². The number of piperidine rings is 1. The molecule has 8 heteroatoms. The second-order valence-electron chi connectivity index (χ2n) is 7.76. The fourth-order valence-electron chi connectivity index (χ4n) is 3.49. The molecule has 1 N–H and O–H groups in total. The van der Waals surface area contributed by atoms with Crippen molar-refractivity contribution in [1.29, 1.82) is 0 Å². The Morgan fingerprint density at radius 3 is 2.71 bits per heavy atom. The minimum Gasteiger partial charge on any atom is -0.356 e. The Morgan fingerprint density at radius 1 is 1.25 bits per heavy atom. The van der Waals surface area contributed by atoms with E-state index in [2.05, 4.69) is 34.7 Å². The molecule has 1 fully saturated rings. The minimum absolute atomic E-state index is 0.0354. The summed E-state index contributed by atoms with van der Waals surface area (Å²) in [5.41, 5.74) is 1.04. The SMILES string of the molecule is CC(C)CNC(=O)[C@@H]1CCCN(C(=O)[C@H](Cc2ccccc2)n2cnnn2)C1. The van der Waals surface area contributed by atoms with Gasteiger partial charge < -0.3 is 10.2 Å². The summed E-state index contributed by atoms with van der Waals surface area (Å²) in [6.07, 6.45) is 3.61. The molecule has 2 heterocycles. The van der Waals surface area contributed by atoms with Crippen LogP contribution in [0.4, 0.5) is 0 Å². The first-order valence-electron chi connectivity index (χ1n) is 9.87. The van der Waals surface area contributed by atoms with Crippen molar-refractivity contribution < 1.29 is 9.59 Å². The molecule has 0 unspecified atom stereocenters. The van der Waals surface area contributed by atoms with E-state index in [0.29, 0.717) is 32.0 Å². The van der Waals surface area contributed by atoms with Crippen LogP contribution in [0.15, 0.2) is 36.7 Å². The van der Waals surface area contributed by atoms with Crippen LogP contribution in [-0.4, -0.2) is 56.6 Å². The molecule has 1 aromatic heterocycles. The van der Waals surface area contributed by atoms with Crippen LogP contribution in [-0.2, 0) is 16.0 Å². The van der Waals surface area contributed by atoms with Gasteiger partial charge in [-0.25, -0.2) is 4.68 Å². The van der Waals surface area contributed by atoms with Crippen molar-refractivity contribution in [3.63, 3.8) is 0 Å². The number of aromatic nitrogens is 4. The van der Waals surface area contributed by atoms with Gasteiger partial charge in [0.05, 0.1) is 5.92 Å². The zero-order valence-corrected chi connectivity index (χ0v) is 16.5. The number of nitrogens with one attached hydrogen (secondary N) is 1. The van der Waals surface area contributed by atoms with Crippen LogP contribution in [0.1, 0.15) is 38.3 Å². The van der Waals surface area contributed by atoms with E-state index in [0.717, 1.165) is 18.4 Å². The molecule has 1 aliphatic heterocycles. The average molecular weight is 384 g/mol. The van der Waals surface area contributed by atoms with E-state index in [-0.39, 0.29) is 17.7 Å². The van der Waals surface area contributed by atoms with Crippen LogP contribution >= 0.6 is 0 Å². The lowest BCUT2D eigenvalue weighted by molar-refractivity contribution is -0.139. The maximum absolute atomic E-state index is 13.3. The second kappa shape index (κ2) is 9.43. The van der Waals surface area contributed by atoms with Gasteiger partial charge in [-0.2, -0.15) is 0 Å². The minimum atomic E-state index is -0.519. The Balaban J connectivity index is 1.70. The van der Waals surface area contributed by atoms with E-state index in [9.17, 15) is 9.59 Å². The Labute approximate surface area is 165 Å². The van der Waals surface area contributed by atoms with Gasteiger partial charge in [-0.3, -0.25) is 9.59 Å². The number of rotatable bonds is 7. The highest BCUT2D eigenvalue weighted by Crippen LogP contribution is 2.22. The number of likely N-dealkylation sites (tertiary alicyclic amines) is 1. The highest BCUT2D eigenvalue weighted by Gasteiger charge is 2.33. The standard InChI is InChI=1S/C20H28N6O2/c1-15(2)12-21-19(27)17-9-6-10-25(13-17)20(28)18(26-14-22-23-24-26)11-16-7-4-3-5-8-16/h3-5,7-8,14-15,17-18H,6,9-13H2,1-2H3,(H,21,27)/t17-,18+/m1/s1. The van der Waals surface area contributed by atoms with Crippen LogP contribution in [0.3, 0.4) is 0 Å². The van der Waals surface area contributed by atoms with Gasteiger partial charge in [-0.15, -0.1) is 5.10 Å². The van der Waals surface area contributed by atoms with E-state index >= 15 is 0 Å². The van der Waals surface area contributed by atoms with Gasteiger partial charge in [0, 0.05) is 26.1 Å².